The third kappa shape index (κ3) is 8.54. The average molecular weight is 515 g/mol. The maximum Gasteiger partial charge on any atom is 0.248 e. The van der Waals surface area contributed by atoms with E-state index in [0.717, 1.165) is 30.0 Å². The number of amides is 1. The zero-order valence-electron chi connectivity index (χ0n) is 22.2. The lowest BCUT2D eigenvalue weighted by atomic mass is 9.98. The lowest BCUT2D eigenvalue weighted by Crippen LogP contribution is -2.11. The highest BCUT2D eigenvalue weighted by Gasteiger charge is 2.15. The summed E-state index contributed by atoms with van der Waals surface area (Å²) >= 11 is 0. The highest BCUT2D eigenvalue weighted by atomic mass is 16.5. The fourth-order valence-electron chi connectivity index (χ4n) is 4.17. The minimum Gasteiger partial charge on any atom is -0.398 e. The van der Waals surface area contributed by atoms with Crippen molar-refractivity contribution >= 4 is 17.3 Å². The number of allylic oxidation sites excluding steroid dienone is 2. The Morgan fingerprint density at radius 3 is 2.26 bits per heavy atom. The topological polar surface area (TPSA) is 142 Å². The van der Waals surface area contributed by atoms with E-state index in [2.05, 4.69) is 46.5 Å². The number of rotatable bonds is 9. The van der Waals surface area contributed by atoms with Crippen molar-refractivity contribution < 1.29 is 9.53 Å². The number of hydrogen-bond acceptors (Lipinski definition) is 7. The molecule has 3 aromatic rings. The van der Waals surface area contributed by atoms with E-state index in [9.17, 15) is 4.79 Å². The van der Waals surface area contributed by atoms with Crippen molar-refractivity contribution in [1.29, 1.82) is 0 Å². The van der Waals surface area contributed by atoms with Gasteiger partial charge < -0.3 is 27.3 Å². The van der Waals surface area contributed by atoms with Crippen LogP contribution in [0.5, 0.6) is 0 Å². The number of nitrogens with one attached hydrogen (secondary N) is 1. The van der Waals surface area contributed by atoms with Gasteiger partial charge in [-0.25, -0.2) is 9.97 Å². The molecule has 8 nitrogen and oxygen atoms in total. The first-order valence-electron chi connectivity index (χ1n) is 12.8. The first-order chi connectivity index (χ1) is 18.4. The number of hydrogen-bond donors (Lipinski definition) is 4. The summed E-state index contributed by atoms with van der Waals surface area (Å²) < 4.78 is 5.12. The van der Waals surface area contributed by atoms with Gasteiger partial charge in [-0.15, -0.1) is 0 Å². The van der Waals surface area contributed by atoms with Gasteiger partial charge in [0.2, 0.25) is 5.91 Å². The summed E-state index contributed by atoms with van der Waals surface area (Å²) in [6.45, 7) is 5.07. The fraction of sp³-hybridized carbons (Fsp3) is 0.300. The van der Waals surface area contributed by atoms with E-state index in [-0.39, 0.29) is 0 Å². The van der Waals surface area contributed by atoms with E-state index in [1.165, 1.54) is 24.1 Å². The highest BCUT2D eigenvalue weighted by molar-refractivity contribution is 5.93. The Kier molecular flexibility index (Phi) is 11.0. The number of benzene rings is 2. The number of nitrogens with zero attached hydrogens (tertiary/aromatic N) is 2. The molecular formula is C30H38N6O2. The van der Waals surface area contributed by atoms with Crippen molar-refractivity contribution in [3.8, 4) is 0 Å². The van der Waals surface area contributed by atoms with Gasteiger partial charge in [-0.05, 0) is 79.6 Å². The molecule has 200 valence electrons. The Morgan fingerprint density at radius 2 is 1.68 bits per heavy atom. The van der Waals surface area contributed by atoms with Gasteiger partial charge in [0.1, 0.15) is 0 Å². The van der Waals surface area contributed by atoms with Gasteiger partial charge in [-0.2, -0.15) is 0 Å². The van der Waals surface area contributed by atoms with Gasteiger partial charge in [-0.3, -0.25) is 4.79 Å². The van der Waals surface area contributed by atoms with Gasteiger partial charge in [0.25, 0.3) is 0 Å². The van der Waals surface area contributed by atoms with Crippen LogP contribution in [-0.2, 0) is 4.74 Å². The molecule has 1 unspecified atom stereocenters. The van der Waals surface area contributed by atoms with Gasteiger partial charge >= 0.3 is 0 Å². The molecule has 0 bridgehead atoms. The summed E-state index contributed by atoms with van der Waals surface area (Å²) in [5.74, 6) is 0.712. The SMILES string of the molecule is COCCCC(/C=C(\N)c1ncccn1)=C(/N)c1ccc(C(N)=O)cc1.Cc1ccc(C2CCNC2)cc1. The first-order valence-corrected chi connectivity index (χ1v) is 12.8. The van der Waals surface area contributed by atoms with Gasteiger partial charge in [0.15, 0.2) is 5.82 Å². The van der Waals surface area contributed by atoms with Crippen molar-refractivity contribution in [2.24, 2.45) is 17.2 Å². The Bertz CT molecular complexity index is 1220. The summed E-state index contributed by atoms with van der Waals surface area (Å²) in [5.41, 5.74) is 23.6. The lowest BCUT2D eigenvalue weighted by Gasteiger charge is -2.11. The molecule has 2 aromatic carbocycles. The zero-order chi connectivity index (χ0) is 27.3. The van der Waals surface area contributed by atoms with Gasteiger partial charge in [0.05, 0.1) is 5.70 Å². The van der Waals surface area contributed by atoms with Crippen molar-refractivity contribution in [3.05, 3.63) is 107 Å². The zero-order valence-corrected chi connectivity index (χ0v) is 22.2. The quantitative estimate of drug-likeness (QED) is 0.252. The van der Waals surface area contributed by atoms with Crippen LogP contribution in [0.4, 0.5) is 0 Å². The molecule has 0 radical (unpaired) electrons. The van der Waals surface area contributed by atoms with E-state index in [1.54, 1.807) is 55.9 Å². The number of methoxy groups -OCH3 is 1. The molecular weight excluding hydrogens is 476 g/mol. The Balaban J connectivity index is 0.000000275. The molecule has 1 aromatic heterocycles. The lowest BCUT2D eigenvalue weighted by molar-refractivity contribution is 0.100. The first kappa shape index (κ1) is 28.6. The molecule has 8 heteroatoms. The molecule has 38 heavy (non-hydrogen) atoms. The van der Waals surface area contributed by atoms with Crippen LogP contribution >= 0.6 is 0 Å². The number of nitrogens with two attached hydrogens (primary N) is 3. The monoisotopic (exact) mass is 514 g/mol. The van der Waals surface area contributed by atoms with Crippen LogP contribution in [0.3, 0.4) is 0 Å². The number of carbonyl (C=O) groups excluding carboxylic acids is 1. The summed E-state index contributed by atoms with van der Waals surface area (Å²) in [4.78, 5) is 19.5. The molecule has 0 saturated carbocycles. The number of primary amides is 1. The Labute approximate surface area is 225 Å². The third-order valence-corrected chi connectivity index (χ3v) is 6.38. The molecule has 2 heterocycles. The number of aryl methyl sites for hydroxylation is 1. The van der Waals surface area contributed by atoms with Crippen LogP contribution in [0.1, 0.15) is 58.1 Å². The predicted octanol–water partition coefficient (Wildman–Crippen LogP) is 3.74. The van der Waals surface area contributed by atoms with Crippen molar-refractivity contribution in [3.63, 3.8) is 0 Å². The maximum absolute atomic E-state index is 11.2. The van der Waals surface area contributed by atoms with E-state index in [4.69, 9.17) is 21.9 Å². The highest BCUT2D eigenvalue weighted by Crippen LogP contribution is 2.23. The molecule has 0 aliphatic carbocycles. The standard InChI is InChI=1S/C19H23N5O2.C11H15N/c1-26-11-2-4-15(12-16(20)19-23-9-3-10-24-19)17(21)13-5-7-14(8-6-13)18(22)25;1-9-2-4-10(5-3-9)11-6-7-12-8-11/h3,5-10,12H,2,4,11,20-21H2,1H3,(H2,22,25);2-5,11-12H,6-8H2,1H3/b16-12-,17-15-;. The van der Waals surface area contributed by atoms with Crippen LogP contribution in [0.15, 0.2) is 78.6 Å². The van der Waals surface area contributed by atoms with E-state index < -0.39 is 5.91 Å². The number of ether oxygens (including phenoxy) is 1. The molecule has 0 spiro atoms. The molecule has 4 rings (SSSR count). The molecule has 1 saturated heterocycles. The minimum atomic E-state index is -0.482. The average Bonchev–Trinajstić information content (AvgIpc) is 3.49. The third-order valence-electron chi connectivity index (χ3n) is 6.38. The molecule has 1 aliphatic rings. The molecule has 7 N–H and O–H groups in total. The normalized spacial score (nSPS) is 15.8. The second-order valence-electron chi connectivity index (χ2n) is 9.25. The molecule has 1 aliphatic heterocycles. The van der Waals surface area contributed by atoms with Crippen LogP contribution < -0.4 is 22.5 Å². The molecule has 1 atom stereocenters. The second-order valence-corrected chi connectivity index (χ2v) is 9.25. The van der Waals surface area contributed by atoms with Crippen LogP contribution in [0, 0.1) is 6.92 Å². The predicted molar refractivity (Wildman–Crippen MR) is 153 cm³/mol. The van der Waals surface area contributed by atoms with Crippen molar-refractivity contribution in [2.75, 3.05) is 26.8 Å². The maximum atomic E-state index is 11.2. The van der Waals surface area contributed by atoms with Crippen LogP contribution in [-0.4, -0.2) is 42.7 Å². The summed E-state index contributed by atoms with van der Waals surface area (Å²) in [6, 6.07) is 17.4. The Hall–Kier alpha value is -4.01. The number of aromatic nitrogens is 2. The van der Waals surface area contributed by atoms with Crippen LogP contribution in [0.25, 0.3) is 11.4 Å². The summed E-state index contributed by atoms with van der Waals surface area (Å²) in [5, 5.41) is 3.39. The van der Waals surface area contributed by atoms with Crippen LogP contribution in [0.2, 0.25) is 0 Å². The molecule has 1 amide bonds. The van der Waals surface area contributed by atoms with E-state index in [1.807, 2.05) is 0 Å². The number of carbonyl (C=O) groups is 1. The van der Waals surface area contributed by atoms with Crippen molar-refractivity contribution in [2.45, 2.75) is 32.1 Å². The van der Waals surface area contributed by atoms with E-state index >= 15 is 0 Å². The molecule has 1 fully saturated rings. The van der Waals surface area contributed by atoms with Crippen molar-refractivity contribution in [1.82, 2.24) is 15.3 Å². The fourth-order valence-corrected chi connectivity index (χ4v) is 4.17. The summed E-state index contributed by atoms with van der Waals surface area (Å²) in [6.07, 6.45) is 7.79. The smallest absolute Gasteiger partial charge is 0.248 e. The summed E-state index contributed by atoms with van der Waals surface area (Å²) in [7, 11) is 1.65. The second kappa shape index (κ2) is 14.7. The van der Waals surface area contributed by atoms with E-state index in [0.29, 0.717) is 35.8 Å². The largest absolute Gasteiger partial charge is 0.398 e. The van der Waals surface area contributed by atoms with Gasteiger partial charge in [0, 0.05) is 43.9 Å². The minimum absolute atomic E-state index is 0.426. The Morgan fingerprint density at radius 1 is 1.03 bits per heavy atom. The van der Waals surface area contributed by atoms with Gasteiger partial charge in [-0.1, -0.05) is 42.0 Å².